The van der Waals surface area contributed by atoms with Crippen LogP contribution in [0.3, 0.4) is 0 Å². The van der Waals surface area contributed by atoms with Crippen molar-refractivity contribution in [1.82, 2.24) is 0 Å². The Balaban J connectivity index is 2.03. The highest BCUT2D eigenvalue weighted by molar-refractivity contribution is 8.00. The van der Waals surface area contributed by atoms with Gasteiger partial charge in [0.2, 0.25) is 5.91 Å². The number of rotatable bonds is 5. The molecule has 4 nitrogen and oxygen atoms in total. The third kappa shape index (κ3) is 3.86. The average Bonchev–Trinajstić information content (AvgIpc) is 2.72. The molecule has 110 valence electrons. The van der Waals surface area contributed by atoms with E-state index < -0.39 is 5.97 Å². The molecule has 0 bridgehead atoms. The van der Waals surface area contributed by atoms with Crippen LogP contribution >= 0.6 is 23.1 Å². The lowest BCUT2D eigenvalue weighted by Gasteiger charge is -2.04. The van der Waals surface area contributed by atoms with Gasteiger partial charge in [0, 0.05) is 9.77 Å². The van der Waals surface area contributed by atoms with Gasteiger partial charge in [0.25, 0.3) is 0 Å². The molecule has 6 heteroatoms. The smallest absolute Gasteiger partial charge is 0.338 e. The summed E-state index contributed by atoms with van der Waals surface area (Å²) >= 11 is 2.72. The second-order valence-corrected chi connectivity index (χ2v) is 6.72. The molecule has 0 spiro atoms. The van der Waals surface area contributed by atoms with E-state index >= 15 is 0 Å². The van der Waals surface area contributed by atoms with Gasteiger partial charge >= 0.3 is 5.97 Å². The number of hydrogen-bond acceptors (Lipinski definition) is 4. The van der Waals surface area contributed by atoms with Gasteiger partial charge in [-0.1, -0.05) is 18.2 Å². The van der Waals surface area contributed by atoms with E-state index in [9.17, 15) is 14.7 Å². The van der Waals surface area contributed by atoms with E-state index in [2.05, 4.69) is 5.32 Å². The van der Waals surface area contributed by atoms with Gasteiger partial charge in [-0.3, -0.25) is 4.79 Å². The van der Waals surface area contributed by atoms with Crippen LogP contribution in [-0.2, 0) is 4.79 Å². The van der Waals surface area contributed by atoms with Crippen LogP contribution in [0.15, 0.2) is 35.2 Å². The van der Waals surface area contributed by atoms with Crippen molar-refractivity contribution in [3.05, 3.63) is 46.3 Å². The fourth-order valence-electron chi connectivity index (χ4n) is 1.80. The molecular formula is C15H15NO3S2. The highest BCUT2D eigenvalue weighted by Gasteiger charge is 2.20. The predicted octanol–water partition coefficient (Wildman–Crippen LogP) is 3.79. The van der Waals surface area contributed by atoms with Crippen LogP contribution in [0.5, 0.6) is 0 Å². The lowest BCUT2D eigenvalue weighted by atomic mass is 10.1. The zero-order valence-corrected chi connectivity index (χ0v) is 13.3. The highest BCUT2D eigenvalue weighted by atomic mass is 32.2. The number of thioether (sulfide) groups is 1. The van der Waals surface area contributed by atoms with Gasteiger partial charge in [-0.2, -0.15) is 0 Å². The Morgan fingerprint density at radius 2 is 1.90 bits per heavy atom. The summed E-state index contributed by atoms with van der Waals surface area (Å²) < 4.78 is 0. The molecule has 1 heterocycles. The van der Waals surface area contributed by atoms with E-state index in [1.807, 2.05) is 37.3 Å². The molecule has 1 aromatic heterocycles. The standard InChI is InChI=1S/C15H15NO3S2/c1-9-10(2)21-14(13(9)15(18)19)16-12(17)8-20-11-6-4-3-5-7-11/h3-7H,8H2,1-2H3,(H,16,17)(H,18,19). The van der Waals surface area contributed by atoms with Crippen LogP contribution in [0.4, 0.5) is 5.00 Å². The third-order valence-corrected chi connectivity index (χ3v) is 5.10. The minimum atomic E-state index is -1.01. The molecule has 0 atom stereocenters. The summed E-state index contributed by atoms with van der Waals surface area (Å²) in [4.78, 5) is 25.1. The first-order valence-corrected chi connectivity index (χ1v) is 8.10. The number of benzene rings is 1. The summed E-state index contributed by atoms with van der Waals surface area (Å²) in [5.74, 6) is -0.963. The Hall–Kier alpha value is -1.79. The van der Waals surface area contributed by atoms with E-state index in [0.717, 1.165) is 9.77 Å². The maximum Gasteiger partial charge on any atom is 0.338 e. The van der Waals surface area contributed by atoms with Crippen LogP contribution in [0.1, 0.15) is 20.8 Å². The van der Waals surface area contributed by atoms with Crippen LogP contribution in [0, 0.1) is 13.8 Å². The molecule has 0 saturated carbocycles. The van der Waals surface area contributed by atoms with Crippen LogP contribution < -0.4 is 5.32 Å². The Morgan fingerprint density at radius 3 is 2.52 bits per heavy atom. The molecule has 0 fully saturated rings. The number of carbonyl (C=O) groups excluding carboxylic acids is 1. The van der Waals surface area contributed by atoms with Crippen molar-refractivity contribution in [3.8, 4) is 0 Å². The highest BCUT2D eigenvalue weighted by Crippen LogP contribution is 2.32. The third-order valence-electron chi connectivity index (χ3n) is 2.97. The van der Waals surface area contributed by atoms with Crippen molar-refractivity contribution in [2.24, 2.45) is 0 Å². The minimum Gasteiger partial charge on any atom is -0.478 e. The van der Waals surface area contributed by atoms with E-state index in [0.29, 0.717) is 10.6 Å². The lowest BCUT2D eigenvalue weighted by Crippen LogP contribution is -2.15. The maximum absolute atomic E-state index is 12.0. The molecule has 2 N–H and O–H groups in total. The lowest BCUT2D eigenvalue weighted by molar-refractivity contribution is -0.113. The number of nitrogens with one attached hydrogen (secondary N) is 1. The number of carboxylic acids is 1. The van der Waals surface area contributed by atoms with Crippen molar-refractivity contribution >= 4 is 40.0 Å². The summed E-state index contributed by atoms with van der Waals surface area (Å²) in [6.07, 6.45) is 0. The summed E-state index contributed by atoms with van der Waals surface area (Å²) in [6.45, 7) is 3.60. The molecule has 0 saturated heterocycles. The first-order chi connectivity index (χ1) is 9.99. The summed E-state index contributed by atoms with van der Waals surface area (Å²) in [7, 11) is 0. The largest absolute Gasteiger partial charge is 0.478 e. The number of aryl methyl sites for hydroxylation is 1. The number of anilines is 1. The molecule has 0 aliphatic heterocycles. The molecule has 0 aliphatic rings. The number of thiophene rings is 1. The van der Waals surface area contributed by atoms with Crippen molar-refractivity contribution in [1.29, 1.82) is 0 Å². The van der Waals surface area contributed by atoms with Gasteiger partial charge < -0.3 is 10.4 Å². The first kappa shape index (κ1) is 15.6. The molecule has 0 radical (unpaired) electrons. The maximum atomic E-state index is 12.0. The summed E-state index contributed by atoms with van der Waals surface area (Å²) in [6, 6.07) is 9.60. The number of carboxylic acid groups (broad SMARTS) is 1. The first-order valence-electron chi connectivity index (χ1n) is 6.30. The SMILES string of the molecule is Cc1sc(NC(=O)CSc2ccccc2)c(C(=O)O)c1C. The second kappa shape index (κ2) is 6.78. The number of carbonyl (C=O) groups is 2. The zero-order valence-electron chi connectivity index (χ0n) is 11.7. The van der Waals surface area contributed by atoms with Crippen LogP contribution in [0.2, 0.25) is 0 Å². The number of aromatic carboxylic acids is 1. The van der Waals surface area contributed by atoms with Crippen LogP contribution in [-0.4, -0.2) is 22.7 Å². The predicted molar refractivity (Wildman–Crippen MR) is 86.5 cm³/mol. The molecule has 21 heavy (non-hydrogen) atoms. The van der Waals surface area contributed by atoms with Crippen molar-refractivity contribution in [2.75, 3.05) is 11.1 Å². The van der Waals surface area contributed by atoms with Crippen molar-refractivity contribution in [3.63, 3.8) is 0 Å². The molecule has 1 amide bonds. The average molecular weight is 321 g/mol. The second-order valence-electron chi connectivity index (χ2n) is 4.44. The topological polar surface area (TPSA) is 66.4 Å². The normalized spacial score (nSPS) is 10.4. The Morgan fingerprint density at radius 1 is 1.24 bits per heavy atom. The minimum absolute atomic E-state index is 0.190. The number of amides is 1. The monoisotopic (exact) mass is 321 g/mol. The van der Waals surface area contributed by atoms with Gasteiger partial charge in [-0.05, 0) is 31.5 Å². The molecular weight excluding hydrogens is 306 g/mol. The fraction of sp³-hybridized carbons (Fsp3) is 0.200. The summed E-state index contributed by atoms with van der Waals surface area (Å²) in [5.41, 5.74) is 0.897. The Kier molecular flexibility index (Phi) is 5.03. The molecule has 2 aromatic rings. The molecule has 1 aromatic carbocycles. The van der Waals surface area contributed by atoms with Gasteiger partial charge in [-0.25, -0.2) is 4.79 Å². The van der Waals surface area contributed by atoms with Crippen molar-refractivity contribution < 1.29 is 14.7 Å². The Labute approximate surface area is 131 Å². The van der Waals surface area contributed by atoms with Gasteiger partial charge in [0.05, 0.1) is 11.3 Å². The van der Waals surface area contributed by atoms with E-state index in [4.69, 9.17) is 0 Å². The molecule has 2 rings (SSSR count). The van der Waals surface area contributed by atoms with Gasteiger partial charge in [-0.15, -0.1) is 23.1 Å². The molecule has 0 aliphatic carbocycles. The van der Waals surface area contributed by atoms with Gasteiger partial charge in [0.1, 0.15) is 5.00 Å². The quantitative estimate of drug-likeness (QED) is 0.822. The fourth-order valence-corrected chi connectivity index (χ4v) is 3.59. The van der Waals surface area contributed by atoms with E-state index in [-0.39, 0.29) is 17.2 Å². The molecule has 0 unspecified atom stereocenters. The number of hydrogen-bond donors (Lipinski definition) is 2. The van der Waals surface area contributed by atoms with Gasteiger partial charge in [0.15, 0.2) is 0 Å². The van der Waals surface area contributed by atoms with Crippen LogP contribution in [0.25, 0.3) is 0 Å². The summed E-state index contributed by atoms with van der Waals surface area (Å²) in [5, 5.41) is 12.3. The van der Waals surface area contributed by atoms with E-state index in [1.54, 1.807) is 6.92 Å². The Bertz CT molecular complexity index is 665. The zero-order chi connectivity index (χ0) is 15.4. The van der Waals surface area contributed by atoms with Crippen molar-refractivity contribution in [2.45, 2.75) is 18.7 Å². The van der Waals surface area contributed by atoms with E-state index in [1.165, 1.54) is 23.1 Å².